The zero-order valence-electron chi connectivity index (χ0n) is 11.7. The number of halogens is 1. The fourth-order valence-corrected chi connectivity index (χ4v) is 3.01. The van der Waals surface area contributed by atoms with Crippen molar-refractivity contribution in [3.8, 4) is 0 Å². The van der Waals surface area contributed by atoms with Crippen molar-refractivity contribution in [1.82, 2.24) is 9.88 Å². The number of carbonyl (C=O) groups excluding carboxylic acids is 1. The highest BCUT2D eigenvalue weighted by molar-refractivity contribution is 6.18. The molecule has 0 N–H and O–H groups in total. The second kappa shape index (κ2) is 6.38. The molecule has 1 aliphatic rings. The minimum absolute atomic E-state index is 0.0811. The number of aryl methyl sites for hydroxylation is 2. The van der Waals surface area contributed by atoms with Crippen molar-refractivity contribution >= 4 is 17.5 Å². The molecule has 104 valence electrons. The molecule has 0 bridgehead atoms. The average Bonchev–Trinajstić information content (AvgIpc) is 2.89. The highest BCUT2D eigenvalue weighted by Crippen LogP contribution is 2.25. The average molecular weight is 281 g/mol. The van der Waals surface area contributed by atoms with Crippen LogP contribution in [0, 0.1) is 13.8 Å². The maximum Gasteiger partial charge on any atom is 0.255 e. The molecular formula is C15H21ClN2O. The predicted molar refractivity (Wildman–Crippen MR) is 77.7 cm³/mol. The maximum absolute atomic E-state index is 12.7. The summed E-state index contributed by atoms with van der Waals surface area (Å²) in [5.74, 6) is 0.568. The van der Waals surface area contributed by atoms with Gasteiger partial charge in [-0.05, 0) is 38.8 Å². The van der Waals surface area contributed by atoms with E-state index in [0.717, 1.165) is 24.2 Å². The predicted octanol–water partition coefficient (Wildman–Crippen LogP) is 3.32. The van der Waals surface area contributed by atoms with Gasteiger partial charge in [-0.2, -0.15) is 0 Å². The van der Waals surface area contributed by atoms with Crippen LogP contribution in [-0.2, 0) is 0 Å². The SMILES string of the molecule is Cc1ccc(C(=O)N(CCCl)C2CCCC2)c(C)n1. The Morgan fingerprint density at radius 3 is 2.63 bits per heavy atom. The Balaban J connectivity index is 2.22. The van der Waals surface area contributed by atoms with Crippen LogP contribution in [0.25, 0.3) is 0 Å². The zero-order valence-corrected chi connectivity index (χ0v) is 12.4. The van der Waals surface area contributed by atoms with Gasteiger partial charge in [0.05, 0.1) is 11.3 Å². The van der Waals surface area contributed by atoms with E-state index >= 15 is 0 Å². The monoisotopic (exact) mass is 280 g/mol. The summed E-state index contributed by atoms with van der Waals surface area (Å²) in [6.07, 6.45) is 4.62. The van der Waals surface area contributed by atoms with Crippen LogP contribution >= 0.6 is 11.6 Å². The van der Waals surface area contributed by atoms with E-state index < -0.39 is 0 Å². The molecule has 1 fully saturated rings. The summed E-state index contributed by atoms with van der Waals surface area (Å²) in [5.41, 5.74) is 2.46. The fraction of sp³-hybridized carbons (Fsp3) is 0.600. The third kappa shape index (κ3) is 3.27. The Labute approximate surface area is 120 Å². The van der Waals surface area contributed by atoms with E-state index in [1.807, 2.05) is 30.9 Å². The highest BCUT2D eigenvalue weighted by atomic mass is 35.5. The first-order valence-electron chi connectivity index (χ1n) is 6.94. The van der Waals surface area contributed by atoms with Crippen LogP contribution < -0.4 is 0 Å². The molecule has 1 heterocycles. The summed E-state index contributed by atoms with van der Waals surface area (Å²) in [4.78, 5) is 19.0. The lowest BCUT2D eigenvalue weighted by atomic mass is 10.1. The summed E-state index contributed by atoms with van der Waals surface area (Å²) >= 11 is 5.86. The van der Waals surface area contributed by atoms with Crippen LogP contribution in [0.2, 0.25) is 0 Å². The molecule has 0 aromatic carbocycles. The molecular weight excluding hydrogens is 260 g/mol. The molecule has 1 aliphatic carbocycles. The Kier molecular flexibility index (Phi) is 4.81. The molecule has 1 amide bonds. The van der Waals surface area contributed by atoms with Crippen LogP contribution in [-0.4, -0.2) is 34.3 Å². The van der Waals surface area contributed by atoms with Gasteiger partial charge in [0.15, 0.2) is 0 Å². The van der Waals surface area contributed by atoms with E-state index in [0.29, 0.717) is 24.0 Å². The summed E-state index contributed by atoms with van der Waals surface area (Å²) in [6.45, 7) is 4.46. The molecule has 1 saturated carbocycles. The largest absolute Gasteiger partial charge is 0.334 e. The Morgan fingerprint density at radius 1 is 1.37 bits per heavy atom. The molecule has 3 nitrogen and oxygen atoms in total. The standard InChI is InChI=1S/C15H21ClN2O/c1-11-7-8-14(12(2)17-11)15(19)18(10-9-16)13-5-3-4-6-13/h7-8,13H,3-6,9-10H2,1-2H3. The van der Waals surface area contributed by atoms with E-state index in [1.165, 1.54) is 12.8 Å². The smallest absolute Gasteiger partial charge is 0.255 e. The number of rotatable bonds is 4. The number of hydrogen-bond acceptors (Lipinski definition) is 2. The van der Waals surface area contributed by atoms with E-state index in [9.17, 15) is 4.79 Å². The lowest BCUT2D eigenvalue weighted by Gasteiger charge is -2.28. The molecule has 0 saturated heterocycles. The van der Waals surface area contributed by atoms with E-state index in [4.69, 9.17) is 11.6 Å². The van der Waals surface area contributed by atoms with Gasteiger partial charge in [-0.1, -0.05) is 12.8 Å². The van der Waals surface area contributed by atoms with Crippen molar-refractivity contribution < 1.29 is 4.79 Å². The molecule has 19 heavy (non-hydrogen) atoms. The Morgan fingerprint density at radius 2 is 2.05 bits per heavy atom. The number of carbonyl (C=O) groups is 1. The van der Waals surface area contributed by atoms with Crippen molar-refractivity contribution in [2.45, 2.75) is 45.6 Å². The molecule has 0 aliphatic heterocycles. The van der Waals surface area contributed by atoms with Crippen LogP contribution in [0.5, 0.6) is 0 Å². The van der Waals surface area contributed by atoms with Gasteiger partial charge in [-0.15, -0.1) is 11.6 Å². The molecule has 0 atom stereocenters. The van der Waals surface area contributed by atoms with E-state index in [-0.39, 0.29) is 5.91 Å². The van der Waals surface area contributed by atoms with Crippen LogP contribution in [0.1, 0.15) is 47.4 Å². The second-order valence-electron chi connectivity index (χ2n) is 5.21. The molecule has 0 spiro atoms. The molecule has 2 rings (SSSR count). The Bertz CT molecular complexity index is 455. The molecule has 1 aromatic rings. The lowest BCUT2D eigenvalue weighted by molar-refractivity contribution is 0.0694. The molecule has 0 radical (unpaired) electrons. The minimum Gasteiger partial charge on any atom is -0.334 e. The van der Waals surface area contributed by atoms with Gasteiger partial charge in [0.25, 0.3) is 5.91 Å². The number of amides is 1. The van der Waals surface area contributed by atoms with E-state index in [2.05, 4.69) is 4.98 Å². The minimum atomic E-state index is 0.0811. The van der Waals surface area contributed by atoms with Crippen molar-refractivity contribution in [1.29, 1.82) is 0 Å². The van der Waals surface area contributed by atoms with Crippen molar-refractivity contribution in [3.63, 3.8) is 0 Å². The first-order valence-corrected chi connectivity index (χ1v) is 7.48. The zero-order chi connectivity index (χ0) is 13.8. The Hall–Kier alpha value is -1.09. The van der Waals surface area contributed by atoms with Crippen molar-refractivity contribution in [2.24, 2.45) is 0 Å². The van der Waals surface area contributed by atoms with Gasteiger partial charge in [0.1, 0.15) is 0 Å². The van der Waals surface area contributed by atoms with Crippen molar-refractivity contribution in [3.05, 3.63) is 29.1 Å². The topological polar surface area (TPSA) is 33.2 Å². The number of aromatic nitrogens is 1. The number of pyridine rings is 1. The molecule has 1 aromatic heterocycles. The summed E-state index contributed by atoms with van der Waals surface area (Å²) < 4.78 is 0. The van der Waals surface area contributed by atoms with Crippen LogP contribution in [0.3, 0.4) is 0 Å². The third-order valence-corrected chi connectivity index (χ3v) is 3.98. The highest BCUT2D eigenvalue weighted by Gasteiger charge is 2.27. The van der Waals surface area contributed by atoms with Gasteiger partial charge < -0.3 is 4.90 Å². The number of nitrogens with zero attached hydrogens (tertiary/aromatic N) is 2. The number of hydrogen-bond donors (Lipinski definition) is 0. The summed E-state index contributed by atoms with van der Waals surface area (Å²) in [6, 6.07) is 4.14. The van der Waals surface area contributed by atoms with Gasteiger partial charge in [0.2, 0.25) is 0 Å². The lowest BCUT2D eigenvalue weighted by Crippen LogP contribution is -2.40. The maximum atomic E-state index is 12.7. The van der Waals surface area contributed by atoms with Crippen molar-refractivity contribution in [2.75, 3.05) is 12.4 Å². The summed E-state index contributed by atoms with van der Waals surface area (Å²) in [7, 11) is 0. The van der Waals surface area contributed by atoms with E-state index in [1.54, 1.807) is 0 Å². The molecule has 0 unspecified atom stereocenters. The first kappa shape index (κ1) is 14.3. The van der Waals surface area contributed by atoms with Crippen LogP contribution in [0.4, 0.5) is 0 Å². The summed E-state index contributed by atoms with van der Waals surface area (Å²) in [5, 5.41) is 0. The normalized spacial score (nSPS) is 15.7. The number of alkyl halides is 1. The second-order valence-corrected chi connectivity index (χ2v) is 5.59. The molecule has 4 heteroatoms. The fourth-order valence-electron chi connectivity index (χ4n) is 2.82. The van der Waals surface area contributed by atoms with Crippen LogP contribution in [0.15, 0.2) is 12.1 Å². The van der Waals surface area contributed by atoms with Gasteiger partial charge in [-0.3, -0.25) is 9.78 Å². The first-order chi connectivity index (χ1) is 9.13. The quantitative estimate of drug-likeness (QED) is 0.793. The van der Waals surface area contributed by atoms with Gasteiger partial charge in [-0.25, -0.2) is 0 Å². The van der Waals surface area contributed by atoms with Gasteiger partial charge in [0, 0.05) is 24.2 Å². The third-order valence-electron chi connectivity index (χ3n) is 3.81. The van der Waals surface area contributed by atoms with Gasteiger partial charge >= 0.3 is 0 Å².